The van der Waals surface area contributed by atoms with E-state index in [4.69, 9.17) is 0 Å². The second-order valence-corrected chi connectivity index (χ2v) is 5.39. The van der Waals surface area contributed by atoms with Gasteiger partial charge in [0.25, 0.3) is 0 Å². The van der Waals surface area contributed by atoms with Gasteiger partial charge in [-0.25, -0.2) is 0 Å². The molecule has 1 atom stereocenters. The Morgan fingerprint density at radius 2 is 2.00 bits per heavy atom. The van der Waals surface area contributed by atoms with E-state index in [2.05, 4.69) is 32.7 Å². The zero-order chi connectivity index (χ0) is 13.0. The molecule has 0 aromatic heterocycles. The fraction of sp³-hybridized carbons (Fsp3) is 0.429. The lowest BCUT2D eigenvalue weighted by molar-refractivity contribution is 0.174. The number of aromatic hydroxyl groups is 1. The molecule has 1 aliphatic heterocycles. The second kappa shape index (κ2) is 9.64. The van der Waals surface area contributed by atoms with Crippen LogP contribution in [0.2, 0.25) is 0 Å². The van der Waals surface area contributed by atoms with E-state index in [1.54, 1.807) is 6.07 Å². The highest BCUT2D eigenvalue weighted by atomic mass is 79.9. The SMILES string of the molecule is C=CC[C@H](c1ccc(O)c(Br)c1)N1CCNCC1.Cl.Cl. The molecule has 1 heterocycles. The topological polar surface area (TPSA) is 35.5 Å². The minimum atomic E-state index is 0. The maximum atomic E-state index is 9.58. The molecule has 1 fully saturated rings. The summed E-state index contributed by atoms with van der Waals surface area (Å²) < 4.78 is 0.754. The van der Waals surface area contributed by atoms with E-state index in [1.807, 2.05) is 18.2 Å². The van der Waals surface area contributed by atoms with Gasteiger partial charge in [-0.1, -0.05) is 12.1 Å². The van der Waals surface area contributed by atoms with Gasteiger partial charge in [-0.05, 0) is 40.0 Å². The first kappa shape index (κ1) is 19.7. The van der Waals surface area contributed by atoms with Crippen LogP contribution in [-0.4, -0.2) is 36.2 Å². The number of phenols is 1. The Morgan fingerprint density at radius 1 is 1.35 bits per heavy atom. The van der Waals surface area contributed by atoms with Crippen LogP contribution in [0.4, 0.5) is 0 Å². The zero-order valence-corrected chi connectivity index (χ0v) is 14.4. The van der Waals surface area contributed by atoms with E-state index in [1.165, 1.54) is 5.56 Å². The number of phenolic OH excluding ortho intramolecular Hbond substituents is 1. The molecular weight excluding hydrogens is 363 g/mol. The van der Waals surface area contributed by atoms with Crippen molar-refractivity contribution in [3.8, 4) is 5.75 Å². The molecule has 1 saturated heterocycles. The summed E-state index contributed by atoms with van der Waals surface area (Å²) in [6.45, 7) is 8.03. The van der Waals surface area contributed by atoms with Crippen molar-refractivity contribution in [2.45, 2.75) is 12.5 Å². The summed E-state index contributed by atoms with van der Waals surface area (Å²) in [5.74, 6) is 0.288. The van der Waals surface area contributed by atoms with Crippen LogP contribution >= 0.6 is 40.7 Å². The van der Waals surface area contributed by atoms with Gasteiger partial charge in [-0.2, -0.15) is 0 Å². The maximum absolute atomic E-state index is 9.58. The lowest BCUT2D eigenvalue weighted by Crippen LogP contribution is -2.45. The van der Waals surface area contributed by atoms with Crippen molar-refractivity contribution in [3.05, 3.63) is 40.9 Å². The van der Waals surface area contributed by atoms with Gasteiger partial charge in [-0.15, -0.1) is 31.4 Å². The third-order valence-electron chi connectivity index (χ3n) is 3.34. The number of hydrogen-bond acceptors (Lipinski definition) is 3. The average Bonchev–Trinajstić information content (AvgIpc) is 2.40. The smallest absolute Gasteiger partial charge is 0.129 e. The van der Waals surface area contributed by atoms with Crippen LogP contribution in [0.5, 0.6) is 5.75 Å². The van der Waals surface area contributed by atoms with E-state index in [0.717, 1.165) is 37.1 Å². The van der Waals surface area contributed by atoms with Crippen LogP contribution in [0, 0.1) is 0 Å². The summed E-state index contributed by atoms with van der Waals surface area (Å²) in [4.78, 5) is 2.47. The van der Waals surface area contributed by atoms with Gasteiger partial charge in [-0.3, -0.25) is 4.90 Å². The minimum Gasteiger partial charge on any atom is -0.507 e. The van der Waals surface area contributed by atoms with E-state index in [9.17, 15) is 5.11 Å². The van der Waals surface area contributed by atoms with E-state index < -0.39 is 0 Å². The lowest BCUT2D eigenvalue weighted by atomic mass is 10.0. The Labute approximate surface area is 141 Å². The summed E-state index contributed by atoms with van der Waals surface area (Å²) in [5, 5.41) is 12.9. The van der Waals surface area contributed by atoms with Gasteiger partial charge in [0, 0.05) is 32.2 Å². The molecule has 0 spiro atoms. The van der Waals surface area contributed by atoms with Crippen molar-refractivity contribution in [2.24, 2.45) is 0 Å². The van der Waals surface area contributed by atoms with Crippen LogP contribution < -0.4 is 5.32 Å². The van der Waals surface area contributed by atoms with Crippen LogP contribution in [0.15, 0.2) is 35.3 Å². The predicted octanol–water partition coefficient (Wildman–Crippen LogP) is 3.52. The number of nitrogens with zero attached hydrogens (tertiary/aromatic N) is 1. The Hall–Kier alpha value is -0.260. The molecule has 1 aromatic carbocycles. The highest BCUT2D eigenvalue weighted by Gasteiger charge is 2.21. The van der Waals surface area contributed by atoms with Crippen molar-refractivity contribution in [1.82, 2.24) is 10.2 Å². The highest BCUT2D eigenvalue weighted by Crippen LogP contribution is 2.31. The van der Waals surface area contributed by atoms with Crippen molar-refractivity contribution < 1.29 is 5.11 Å². The summed E-state index contributed by atoms with van der Waals surface area (Å²) in [7, 11) is 0. The molecule has 0 saturated carbocycles. The first-order valence-electron chi connectivity index (χ1n) is 6.26. The molecule has 6 heteroatoms. The molecule has 0 aliphatic carbocycles. The Bertz CT molecular complexity index is 426. The van der Waals surface area contributed by atoms with Crippen LogP contribution in [0.1, 0.15) is 18.0 Å². The lowest BCUT2D eigenvalue weighted by Gasteiger charge is -2.35. The second-order valence-electron chi connectivity index (χ2n) is 4.54. The summed E-state index contributed by atoms with van der Waals surface area (Å²) in [6, 6.07) is 6.10. The molecule has 0 unspecified atom stereocenters. The minimum absolute atomic E-state index is 0. The third-order valence-corrected chi connectivity index (χ3v) is 3.97. The molecule has 0 bridgehead atoms. The van der Waals surface area contributed by atoms with Crippen molar-refractivity contribution in [3.63, 3.8) is 0 Å². The van der Waals surface area contributed by atoms with E-state index in [-0.39, 0.29) is 30.6 Å². The third kappa shape index (κ3) is 4.93. The van der Waals surface area contributed by atoms with Gasteiger partial charge in [0.2, 0.25) is 0 Å². The van der Waals surface area contributed by atoms with Crippen molar-refractivity contribution in [2.75, 3.05) is 26.2 Å². The number of nitrogens with one attached hydrogen (secondary N) is 1. The average molecular weight is 384 g/mol. The largest absolute Gasteiger partial charge is 0.507 e. The number of halogens is 3. The molecule has 2 rings (SSSR count). The Kier molecular flexibility index (Phi) is 9.51. The molecule has 3 nitrogen and oxygen atoms in total. The van der Waals surface area contributed by atoms with Gasteiger partial charge in [0.1, 0.15) is 5.75 Å². The van der Waals surface area contributed by atoms with Gasteiger partial charge < -0.3 is 10.4 Å². The predicted molar refractivity (Wildman–Crippen MR) is 92.3 cm³/mol. The zero-order valence-electron chi connectivity index (χ0n) is 11.2. The van der Waals surface area contributed by atoms with E-state index in [0.29, 0.717) is 6.04 Å². The maximum Gasteiger partial charge on any atom is 0.129 e. The molecule has 0 amide bonds. The van der Waals surface area contributed by atoms with Gasteiger partial charge in [0.15, 0.2) is 0 Å². The van der Waals surface area contributed by atoms with Crippen LogP contribution in [-0.2, 0) is 0 Å². The fourth-order valence-electron chi connectivity index (χ4n) is 2.38. The monoisotopic (exact) mass is 382 g/mol. The first-order chi connectivity index (χ1) is 8.72. The standard InChI is InChI=1S/C14H19BrN2O.2ClH/c1-2-3-13(17-8-6-16-7-9-17)11-4-5-14(18)12(15)10-11;;/h2,4-5,10,13,16,18H,1,3,6-9H2;2*1H/t13-;;/m1../s1. The molecule has 20 heavy (non-hydrogen) atoms. The molecule has 1 aromatic rings. The number of rotatable bonds is 4. The number of piperazine rings is 1. The Morgan fingerprint density at radius 3 is 2.55 bits per heavy atom. The Balaban J connectivity index is 0.00000180. The number of hydrogen-bond donors (Lipinski definition) is 2. The van der Waals surface area contributed by atoms with Crippen molar-refractivity contribution in [1.29, 1.82) is 0 Å². The summed E-state index contributed by atoms with van der Waals surface area (Å²) >= 11 is 3.38. The molecule has 0 radical (unpaired) electrons. The van der Waals surface area contributed by atoms with E-state index >= 15 is 0 Å². The summed E-state index contributed by atoms with van der Waals surface area (Å²) in [6.07, 6.45) is 2.89. The van der Waals surface area contributed by atoms with Gasteiger partial charge >= 0.3 is 0 Å². The molecule has 114 valence electrons. The van der Waals surface area contributed by atoms with Crippen molar-refractivity contribution >= 4 is 40.7 Å². The van der Waals surface area contributed by atoms with Crippen LogP contribution in [0.25, 0.3) is 0 Å². The summed E-state index contributed by atoms with van der Waals surface area (Å²) in [5.41, 5.74) is 1.22. The molecule has 2 N–H and O–H groups in total. The first-order valence-corrected chi connectivity index (χ1v) is 7.05. The number of benzene rings is 1. The van der Waals surface area contributed by atoms with Gasteiger partial charge in [0.05, 0.1) is 4.47 Å². The normalized spacial score (nSPS) is 16.6. The quantitative estimate of drug-likeness (QED) is 0.780. The van der Waals surface area contributed by atoms with Crippen LogP contribution in [0.3, 0.4) is 0 Å². The fourth-order valence-corrected chi connectivity index (χ4v) is 2.77. The highest BCUT2D eigenvalue weighted by molar-refractivity contribution is 9.10. The molecular formula is C14H21BrCl2N2O. The molecule has 1 aliphatic rings.